The molecule has 0 saturated heterocycles. The number of nitrogens with zero attached hydrogens (tertiary/aromatic N) is 3. The van der Waals surface area contributed by atoms with Gasteiger partial charge in [-0.25, -0.2) is 4.98 Å². The van der Waals surface area contributed by atoms with E-state index in [1.165, 1.54) is 6.21 Å². The molecular weight excluding hydrogens is 210 g/mol. The summed E-state index contributed by atoms with van der Waals surface area (Å²) in [5, 5.41) is 11.1. The maximum Gasteiger partial charge on any atom is 0.133 e. The molecule has 0 aliphatic heterocycles. The van der Waals surface area contributed by atoms with Crippen LogP contribution in [0.15, 0.2) is 22.7 Å². The van der Waals surface area contributed by atoms with Gasteiger partial charge in [0.05, 0.1) is 6.21 Å². The van der Waals surface area contributed by atoms with Gasteiger partial charge in [-0.05, 0) is 15.9 Å². The largest absolute Gasteiger partial charge is 0.411 e. The second-order valence-electron chi connectivity index (χ2n) is 1.76. The molecule has 4 nitrogen and oxygen atoms in total. The fraction of sp³-hybridized carbons (Fsp3) is 0. The molecule has 5 heteroatoms. The van der Waals surface area contributed by atoms with Crippen molar-refractivity contribution in [3.63, 3.8) is 0 Å². The molecule has 11 heavy (non-hydrogen) atoms. The van der Waals surface area contributed by atoms with Crippen LogP contribution in [0.25, 0.3) is 6.20 Å². The Morgan fingerprint density at radius 3 is 3.09 bits per heavy atom. The van der Waals surface area contributed by atoms with Crippen molar-refractivity contribution >= 4 is 28.3 Å². The summed E-state index contributed by atoms with van der Waals surface area (Å²) >= 11 is 3.18. The molecule has 0 unspecified atom stereocenters. The molecule has 0 fully saturated rings. The molecule has 0 spiro atoms. The first-order valence-electron chi connectivity index (χ1n) is 2.82. The number of halogens is 1. The normalized spacial score (nSPS) is 10.6. The van der Waals surface area contributed by atoms with E-state index in [1.807, 2.05) is 0 Å². The third-order valence-corrected chi connectivity index (χ3v) is 1.77. The zero-order valence-corrected chi connectivity index (χ0v) is 7.19. The van der Waals surface area contributed by atoms with E-state index in [-0.39, 0.29) is 0 Å². The van der Waals surface area contributed by atoms with Gasteiger partial charge in [-0.2, -0.15) is 0 Å². The Labute approximate surface area is 72.0 Å². The molecule has 0 atom stereocenters. The second kappa shape index (κ2) is 3.34. The minimum atomic E-state index is 0.621. The van der Waals surface area contributed by atoms with Gasteiger partial charge in [0.25, 0.3) is 0 Å². The van der Waals surface area contributed by atoms with E-state index in [0.29, 0.717) is 10.3 Å². The Morgan fingerprint density at radius 1 is 1.82 bits per heavy atom. The summed E-state index contributed by atoms with van der Waals surface area (Å²) < 4.78 is 2.25. The lowest BCUT2D eigenvalue weighted by molar-refractivity contribution is 0.321. The Hall–Kier alpha value is -1.10. The maximum atomic E-state index is 8.26. The highest BCUT2D eigenvalue weighted by atomic mass is 79.9. The highest BCUT2D eigenvalue weighted by Gasteiger charge is 2.02. The van der Waals surface area contributed by atoms with Crippen LogP contribution in [0.5, 0.6) is 0 Å². The van der Waals surface area contributed by atoms with Gasteiger partial charge >= 0.3 is 0 Å². The second-order valence-corrected chi connectivity index (χ2v) is 2.51. The predicted molar refractivity (Wildman–Crippen MR) is 45.7 cm³/mol. The summed E-state index contributed by atoms with van der Waals surface area (Å²) in [6.07, 6.45) is 4.40. The quantitative estimate of drug-likeness (QED) is 0.463. The van der Waals surface area contributed by atoms with Crippen molar-refractivity contribution in [2.24, 2.45) is 5.16 Å². The molecule has 0 aliphatic rings. The third-order valence-electron chi connectivity index (χ3n) is 1.16. The SMILES string of the molecule is C=Cn1cnc(Br)c1/C=N/O. The van der Waals surface area contributed by atoms with Crippen molar-refractivity contribution in [2.45, 2.75) is 0 Å². The van der Waals surface area contributed by atoms with Gasteiger partial charge in [0, 0.05) is 6.20 Å². The summed E-state index contributed by atoms with van der Waals surface area (Å²) in [5.74, 6) is 0. The lowest BCUT2D eigenvalue weighted by Crippen LogP contribution is -1.91. The average Bonchev–Trinajstić information content (AvgIpc) is 2.34. The van der Waals surface area contributed by atoms with E-state index < -0.39 is 0 Å². The van der Waals surface area contributed by atoms with Crippen LogP contribution >= 0.6 is 15.9 Å². The molecule has 0 aromatic carbocycles. The maximum absolute atomic E-state index is 8.26. The van der Waals surface area contributed by atoms with Crippen molar-refractivity contribution < 1.29 is 5.21 Å². The zero-order valence-electron chi connectivity index (χ0n) is 5.61. The summed E-state index contributed by atoms with van der Waals surface area (Å²) in [4.78, 5) is 3.91. The van der Waals surface area contributed by atoms with Gasteiger partial charge in [-0.15, -0.1) is 0 Å². The van der Waals surface area contributed by atoms with Gasteiger partial charge in [-0.3, -0.25) is 0 Å². The summed E-state index contributed by atoms with van der Waals surface area (Å²) in [6, 6.07) is 0. The minimum Gasteiger partial charge on any atom is -0.411 e. The van der Waals surface area contributed by atoms with Crippen LogP contribution in [0, 0.1) is 0 Å². The van der Waals surface area contributed by atoms with Gasteiger partial charge in [0.1, 0.15) is 16.6 Å². The molecule has 1 aromatic heterocycles. The lowest BCUT2D eigenvalue weighted by atomic mass is 10.5. The van der Waals surface area contributed by atoms with Crippen LogP contribution in [-0.4, -0.2) is 21.0 Å². The molecule has 0 saturated carbocycles. The van der Waals surface area contributed by atoms with Gasteiger partial charge in [0.2, 0.25) is 0 Å². The Balaban J connectivity index is 3.17. The molecule has 0 bridgehead atoms. The van der Waals surface area contributed by atoms with Crippen LogP contribution in [0.4, 0.5) is 0 Å². The Kier molecular flexibility index (Phi) is 2.43. The molecule has 1 N–H and O–H groups in total. The molecule has 0 amide bonds. The number of imidazole rings is 1. The van der Waals surface area contributed by atoms with E-state index >= 15 is 0 Å². The summed E-state index contributed by atoms with van der Waals surface area (Å²) in [5.41, 5.74) is 0.655. The van der Waals surface area contributed by atoms with Crippen molar-refractivity contribution in [1.29, 1.82) is 0 Å². The van der Waals surface area contributed by atoms with Crippen LogP contribution < -0.4 is 0 Å². The van der Waals surface area contributed by atoms with Gasteiger partial charge < -0.3 is 9.77 Å². The topological polar surface area (TPSA) is 50.4 Å². The number of rotatable bonds is 2. The van der Waals surface area contributed by atoms with E-state index in [9.17, 15) is 0 Å². The van der Waals surface area contributed by atoms with Crippen LogP contribution in [-0.2, 0) is 0 Å². The first kappa shape index (κ1) is 8.00. The van der Waals surface area contributed by atoms with Crippen molar-refractivity contribution in [3.8, 4) is 0 Å². The van der Waals surface area contributed by atoms with E-state index in [0.717, 1.165) is 0 Å². The smallest absolute Gasteiger partial charge is 0.133 e. The fourth-order valence-electron chi connectivity index (χ4n) is 0.668. The van der Waals surface area contributed by atoms with Crippen LogP contribution in [0.3, 0.4) is 0 Å². The number of hydrogen-bond donors (Lipinski definition) is 1. The monoisotopic (exact) mass is 215 g/mol. The summed E-state index contributed by atoms with van der Waals surface area (Å²) in [7, 11) is 0. The Bertz CT molecular complexity index is 292. The molecule has 1 heterocycles. The Morgan fingerprint density at radius 2 is 2.55 bits per heavy atom. The van der Waals surface area contributed by atoms with Crippen molar-refractivity contribution in [1.82, 2.24) is 9.55 Å². The minimum absolute atomic E-state index is 0.621. The van der Waals surface area contributed by atoms with E-state index in [1.54, 1.807) is 17.1 Å². The third kappa shape index (κ3) is 1.48. The molecule has 58 valence electrons. The van der Waals surface area contributed by atoms with E-state index in [4.69, 9.17) is 5.21 Å². The number of oxime groups is 1. The lowest BCUT2D eigenvalue weighted by Gasteiger charge is -1.93. The fourth-order valence-corrected chi connectivity index (χ4v) is 1.07. The standard InChI is InChI=1S/C6H6BrN3O/c1-2-10-4-8-6(7)5(10)3-9-11/h2-4,11H,1H2/b9-3+. The van der Waals surface area contributed by atoms with Crippen molar-refractivity contribution in [3.05, 3.63) is 23.2 Å². The predicted octanol–water partition coefficient (Wildman–Crippen LogP) is 1.55. The highest BCUT2D eigenvalue weighted by Crippen LogP contribution is 2.11. The first-order valence-corrected chi connectivity index (χ1v) is 3.61. The number of aromatic nitrogens is 2. The van der Waals surface area contributed by atoms with Crippen molar-refractivity contribution in [2.75, 3.05) is 0 Å². The van der Waals surface area contributed by atoms with Gasteiger partial charge in [0.15, 0.2) is 0 Å². The van der Waals surface area contributed by atoms with Crippen LogP contribution in [0.2, 0.25) is 0 Å². The molecule has 0 radical (unpaired) electrons. The highest BCUT2D eigenvalue weighted by molar-refractivity contribution is 9.10. The zero-order chi connectivity index (χ0) is 8.27. The van der Waals surface area contributed by atoms with E-state index in [2.05, 4.69) is 32.6 Å². The first-order chi connectivity index (χ1) is 5.29. The van der Waals surface area contributed by atoms with Gasteiger partial charge in [-0.1, -0.05) is 11.7 Å². The molecule has 1 rings (SSSR count). The molecular formula is C6H6BrN3O. The molecule has 1 aromatic rings. The average molecular weight is 216 g/mol. The number of hydrogen-bond acceptors (Lipinski definition) is 3. The van der Waals surface area contributed by atoms with Crippen LogP contribution in [0.1, 0.15) is 5.69 Å². The molecule has 0 aliphatic carbocycles. The summed E-state index contributed by atoms with van der Waals surface area (Å²) in [6.45, 7) is 3.55.